The van der Waals surface area contributed by atoms with Crippen LogP contribution in [0, 0.1) is 0 Å². The second-order valence-corrected chi connectivity index (χ2v) is 8.00. The van der Waals surface area contributed by atoms with Crippen LogP contribution >= 0.6 is 0 Å². The number of carbonyl (C=O) groups excluding carboxylic acids is 2. The van der Waals surface area contributed by atoms with E-state index >= 15 is 0 Å². The van der Waals surface area contributed by atoms with Crippen molar-refractivity contribution in [2.24, 2.45) is 0 Å². The number of amides is 2. The van der Waals surface area contributed by atoms with E-state index in [9.17, 15) is 19.5 Å². The number of hydrogen-bond donors (Lipinski definition) is 3. The molecule has 3 heterocycles. The Morgan fingerprint density at radius 1 is 1.08 bits per heavy atom. The van der Waals surface area contributed by atoms with Crippen molar-refractivity contribution >= 4 is 23.1 Å². The SMILES string of the molecule is COc1ccc(C(CC(=O)NCCC(=O)Nc2cccnc2)c2c(O)nc3ccccn3c2=O)cc1. The highest BCUT2D eigenvalue weighted by Gasteiger charge is 2.26. The molecule has 0 saturated heterocycles. The van der Waals surface area contributed by atoms with E-state index in [4.69, 9.17) is 4.74 Å². The van der Waals surface area contributed by atoms with Gasteiger partial charge in [0.25, 0.3) is 5.56 Å². The molecule has 0 fully saturated rings. The smallest absolute Gasteiger partial charge is 0.265 e. The number of nitrogens with zero attached hydrogens (tertiary/aromatic N) is 3. The van der Waals surface area contributed by atoms with Crippen molar-refractivity contribution in [2.45, 2.75) is 18.8 Å². The topological polar surface area (TPSA) is 135 Å². The van der Waals surface area contributed by atoms with Crippen LogP contribution in [-0.4, -0.2) is 44.9 Å². The molecule has 0 aliphatic heterocycles. The highest BCUT2D eigenvalue weighted by molar-refractivity contribution is 5.91. The molecule has 3 aromatic heterocycles. The normalized spacial score (nSPS) is 11.6. The predicted octanol–water partition coefficient (Wildman–Crippen LogP) is 2.47. The molecule has 10 nitrogen and oxygen atoms in total. The van der Waals surface area contributed by atoms with Gasteiger partial charge in [-0.2, -0.15) is 4.98 Å². The molecule has 1 unspecified atom stereocenters. The van der Waals surface area contributed by atoms with Gasteiger partial charge in [-0.3, -0.25) is 23.8 Å². The Kier molecular flexibility index (Phi) is 7.54. The van der Waals surface area contributed by atoms with E-state index in [-0.39, 0.29) is 36.8 Å². The zero-order chi connectivity index (χ0) is 25.5. The fourth-order valence-corrected chi connectivity index (χ4v) is 3.85. The van der Waals surface area contributed by atoms with Gasteiger partial charge in [0.05, 0.1) is 24.6 Å². The molecule has 0 aliphatic carbocycles. The maximum atomic E-state index is 13.3. The summed E-state index contributed by atoms with van der Waals surface area (Å²) in [4.78, 5) is 46.4. The highest BCUT2D eigenvalue weighted by Crippen LogP contribution is 2.32. The van der Waals surface area contributed by atoms with E-state index in [0.717, 1.165) is 0 Å². The molecule has 10 heteroatoms. The molecule has 1 aromatic carbocycles. The summed E-state index contributed by atoms with van der Waals surface area (Å²) in [6, 6.07) is 15.3. The summed E-state index contributed by atoms with van der Waals surface area (Å²) in [6.45, 7) is 0.0984. The number of fused-ring (bicyclic) bond motifs is 1. The minimum atomic E-state index is -0.780. The first-order valence-corrected chi connectivity index (χ1v) is 11.3. The van der Waals surface area contributed by atoms with Crippen LogP contribution in [0.25, 0.3) is 5.65 Å². The fraction of sp³-hybridized carbons (Fsp3) is 0.192. The number of methoxy groups -OCH3 is 1. The largest absolute Gasteiger partial charge is 0.497 e. The van der Waals surface area contributed by atoms with E-state index in [0.29, 0.717) is 22.6 Å². The third-order valence-electron chi connectivity index (χ3n) is 5.62. The summed E-state index contributed by atoms with van der Waals surface area (Å²) >= 11 is 0. The van der Waals surface area contributed by atoms with Crippen molar-refractivity contribution in [3.63, 3.8) is 0 Å². The summed E-state index contributed by atoms with van der Waals surface area (Å²) in [5.41, 5.74) is 1.02. The van der Waals surface area contributed by atoms with Crippen molar-refractivity contribution in [3.05, 3.63) is 94.7 Å². The van der Waals surface area contributed by atoms with Crippen molar-refractivity contribution in [2.75, 3.05) is 19.0 Å². The molecule has 0 aliphatic rings. The summed E-state index contributed by atoms with van der Waals surface area (Å²) in [6.07, 6.45) is 4.60. The van der Waals surface area contributed by atoms with Gasteiger partial charge in [0.2, 0.25) is 17.7 Å². The quantitative estimate of drug-likeness (QED) is 0.330. The number of rotatable bonds is 9. The lowest BCUT2D eigenvalue weighted by Gasteiger charge is -2.19. The van der Waals surface area contributed by atoms with Crippen LogP contribution in [0.4, 0.5) is 5.69 Å². The van der Waals surface area contributed by atoms with Crippen molar-refractivity contribution in [1.29, 1.82) is 0 Å². The van der Waals surface area contributed by atoms with Crippen molar-refractivity contribution < 1.29 is 19.4 Å². The number of anilines is 1. The highest BCUT2D eigenvalue weighted by atomic mass is 16.5. The van der Waals surface area contributed by atoms with Gasteiger partial charge in [0, 0.05) is 37.7 Å². The van der Waals surface area contributed by atoms with Crippen LogP contribution in [0.1, 0.15) is 29.9 Å². The number of aromatic nitrogens is 3. The second-order valence-electron chi connectivity index (χ2n) is 8.00. The van der Waals surface area contributed by atoms with Gasteiger partial charge in [-0.05, 0) is 42.0 Å². The van der Waals surface area contributed by atoms with Gasteiger partial charge in [-0.25, -0.2) is 0 Å². The molecule has 2 amide bonds. The molecule has 184 valence electrons. The average Bonchev–Trinajstić information content (AvgIpc) is 2.89. The van der Waals surface area contributed by atoms with Crippen molar-refractivity contribution in [1.82, 2.24) is 19.7 Å². The van der Waals surface area contributed by atoms with E-state index in [2.05, 4.69) is 20.6 Å². The third-order valence-corrected chi connectivity index (χ3v) is 5.62. The first-order valence-electron chi connectivity index (χ1n) is 11.3. The van der Waals surface area contributed by atoms with Gasteiger partial charge in [0.15, 0.2) is 0 Å². The fourth-order valence-electron chi connectivity index (χ4n) is 3.85. The first kappa shape index (κ1) is 24.4. The average molecular weight is 488 g/mol. The molecule has 0 spiro atoms. The zero-order valence-corrected chi connectivity index (χ0v) is 19.5. The zero-order valence-electron chi connectivity index (χ0n) is 19.5. The lowest BCUT2D eigenvalue weighted by molar-refractivity contribution is -0.121. The number of ether oxygens (including phenoxy) is 1. The number of pyridine rings is 2. The number of carbonyl (C=O) groups is 2. The Balaban J connectivity index is 1.53. The van der Waals surface area contributed by atoms with E-state index in [1.807, 2.05) is 0 Å². The third kappa shape index (κ3) is 5.66. The Morgan fingerprint density at radius 3 is 2.61 bits per heavy atom. The van der Waals surface area contributed by atoms with E-state index < -0.39 is 17.4 Å². The standard InChI is InChI=1S/C26H25N5O5/c1-36-19-9-7-17(8-10-19)20(24-25(34)30-21-6-2-3-14-31(21)26(24)35)15-23(33)28-13-11-22(32)29-18-5-4-12-27-16-18/h2-10,12,14,16,20,34H,11,13,15H2,1H3,(H,28,33)(H,29,32). The summed E-state index contributed by atoms with van der Waals surface area (Å²) in [7, 11) is 1.54. The summed E-state index contributed by atoms with van der Waals surface area (Å²) in [5, 5.41) is 16.1. The maximum Gasteiger partial charge on any atom is 0.265 e. The molecule has 0 radical (unpaired) electrons. The van der Waals surface area contributed by atoms with Crippen LogP contribution in [0.15, 0.2) is 78.0 Å². The molecule has 4 rings (SSSR count). The Bertz CT molecular complexity index is 1420. The summed E-state index contributed by atoms with van der Waals surface area (Å²) in [5.74, 6) is -1.27. The minimum Gasteiger partial charge on any atom is -0.497 e. The van der Waals surface area contributed by atoms with E-state index in [1.54, 1.807) is 67.0 Å². The number of nitrogens with one attached hydrogen (secondary N) is 2. The van der Waals surface area contributed by atoms with Crippen LogP contribution in [0.5, 0.6) is 11.6 Å². The molecule has 0 bridgehead atoms. The predicted molar refractivity (Wildman–Crippen MR) is 133 cm³/mol. The maximum absolute atomic E-state index is 13.3. The second kappa shape index (κ2) is 11.1. The lowest BCUT2D eigenvalue weighted by Crippen LogP contribution is -2.31. The van der Waals surface area contributed by atoms with Gasteiger partial charge >= 0.3 is 0 Å². The minimum absolute atomic E-state index is 0.00772. The molecule has 1 atom stereocenters. The van der Waals surface area contributed by atoms with Crippen LogP contribution in [-0.2, 0) is 9.59 Å². The monoisotopic (exact) mass is 487 g/mol. The molecule has 4 aromatic rings. The number of hydrogen-bond acceptors (Lipinski definition) is 7. The first-order chi connectivity index (χ1) is 17.5. The van der Waals surface area contributed by atoms with Gasteiger partial charge in [0.1, 0.15) is 11.4 Å². The van der Waals surface area contributed by atoms with Crippen LogP contribution in [0.2, 0.25) is 0 Å². The molecule has 3 N–H and O–H groups in total. The van der Waals surface area contributed by atoms with Gasteiger partial charge in [-0.15, -0.1) is 0 Å². The Hall–Kier alpha value is -4.73. The molecule has 36 heavy (non-hydrogen) atoms. The lowest BCUT2D eigenvalue weighted by atomic mass is 9.89. The molecular weight excluding hydrogens is 462 g/mol. The van der Waals surface area contributed by atoms with Crippen LogP contribution in [0.3, 0.4) is 0 Å². The number of benzene rings is 1. The Labute approximate surface area is 206 Å². The van der Waals surface area contributed by atoms with E-state index in [1.165, 1.54) is 17.7 Å². The summed E-state index contributed by atoms with van der Waals surface area (Å²) < 4.78 is 6.54. The molecule has 0 saturated carbocycles. The van der Waals surface area contributed by atoms with Gasteiger partial charge in [-0.1, -0.05) is 18.2 Å². The molecular formula is C26H25N5O5. The van der Waals surface area contributed by atoms with Crippen LogP contribution < -0.4 is 20.9 Å². The van der Waals surface area contributed by atoms with Crippen molar-refractivity contribution in [3.8, 4) is 11.6 Å². The van der Waals surface area contributed by atoms with Gasteiger partial charge < -0.3 is 20.5 Å². The number of aromatic hydroxyl groups is 1. The Morgan fingerprint density at radius 2 is 1.89 bits per heavy atom.